The van der Waals surface area contributed by atoms with E-state index in [0.717, 1.165) is 11.1 Å². The quantitative estimate of drug-likeness (QED) is 0.318. The van der Waals surface area contributed by atoms with E-state index in [0.29, 0.717) is 39.5 Å². The highest BCUT2D eigenvalue weighted by atomic mass is 35.5. The topological polar surface area (TPSA) is 69.2 Å². The van der Waals surface area contributed by atoms with Gasteiger partial charge in [0, 0.05) is 15.6 Å². The first-order valence-corrected chi connectivity index (χ1v) is 10.6. The molecule has 0 radical (unpaired) electrons. The minimum Gasteiger partial charge on any atom is -0.493 e. The van der Waals surface area contributed by atoms with Gasteiger partial charge < -0.3 is 14.2 Å². The van der Waals surface area contributed by atoms with Gasteiger partial charge >= 0.3 is 0 Å². The van der Waals surface area contributed by atoms with Gasteiger partial charge in [0.15, 0.2) is 11.5 Å². The van der Waals surface area contributed by atoms with Gasteiger partial charge in [-0.15, -0.1) is 0 Å². The lowest BCUT2D eigenvalue weighted by atomic mass is 10.2. The molecular weight excluding hydrogens is 451 g/mol. The fourth-order valence-electron chi connectivity index (χ4n) is 2.84. The molecule has 0 unspecified atom stereocenters. The zero-order valence-corrected chi connectivity index (χ0v) is 19.1. The molecule has 0 heterocycles. The molecule has 0 aliphatic carbocycles. The standard InChI is InChI=1S/C24H22Cl2N2O4/c1-3-31-22-11-8-16(12-23(22)30-2)14-27-28-24(29)19-6-4-5-7-21(19)32-15-17-9-10-18(25)13-20(17)26/h4-14H,3,15H2,1-2H3,(H,28,29)/b27-14+. The molecule has 3 aromatic carbocycles. The number of amides is 1. The molecule has 8 heteroatoms. The summed E-state index contributed by atoms with van der Waals surface area (Å²) in [6.45, 7) is 2.62. The van der Waals surface area contributed by atoms with Gasteiger partial charge in [-0.05, 0) is 55.0 Å². The zero-order valence-electron chi connectivity index (χ0n) is 17.6. The number of carbonyl (C=O) groups is 1. The number of hydrogen-bond acceptors (Lipinski definition) is 5. The number of nitrogens with one attached hydrogen (secondary N) is 1. The van der Waals surface area contributed by atoms with E-state index < -0.39 is 5.91 Å². The molecule has 3 aromatic rings. The second kappa shape index (κ2) is 11.4. The summed E-state index contributed by atoms with van der Waals surface area (Å²) in [5.41, 5.74) is 4.36. The van der Waals surface area contributed by atoms with Gasteiger partial charge in [0.05, 0.1) is 25.5 Å². The van der Waals surface area contributed by atoms with Crippen LogP contribution in [0.25, 0.3) is 0 Å². The maximum Gasteiger partial charge on any atom is 0.275 e. The van der Waals surface area contributed by atoms with E-state index >= 15 is 0 Å². The van der Waals surface area contributed by atoms with E-state index in [1.54, 1.807) is 61.7 Å². The normalized spacial score (nSPS) is 10.8. The van der Waals surface area contributed by atoms with Crippen molar-refractivity contribution in [2.45, 2.75) is 13.5 Å². The Balaban J connectivity index is 1.67. The second-order valence-corrected chi connectivity index (χ2v) is 7.41. The minimum atomic E-state index is -0.406. The highest BCUT2D eigenvalue weighted by Crippen LogP contribution is 2.27. The first-order valence-electron chi connectivity index (χ1n) is 9.81. The third-order valence-electron chi connectivity index (χ3n) is 4.40. The molecule has 6 nitrogen and oxygen atoms in total. The third-order valence-corrected chi connectivity index (χ3v) is 4.98. The van der Waals surface area contributed by atoms with Crippen molar-refractivity contribution in [2.75, 3.05) is 13.7 Å². The number of nitrogens with zero attached hydrogens (tertiary/aromatic N) is 1. The largest absolute Gasteiger partial charge is 0.493 e. The van der Waals surface area contributed by atoms with Crippen LogP contribution < -0.4 is 19.6 Å². The predicted molar refractivity (Wildman–Crippen MR) is 126 cm³/mol. The summed E-state index contributed by atoms with van der Waals surface area (Å²) in [6.07, 6.45) is 1.52. The van der Waals surface area contributed by atoms with Crippen LogP contribution in [0.15, 0.2) is 65.8 Å². The molecule has 0 saturated heterocycles. The molecule has 3 rings (SSSR count). The van der Waals surface area contributed by atoms with E-state index in [9.17, 15) is 4.79 Å². The van der Waals surface area contributed by atoms with Crippen LogP contribution in [0.5, 0.6) is 17.2 Å². The number of methoxy groups -OCH3 is 1. The molecule has 0 atom stereocenters. The van der Waals surface area contributed by atoms with Crippen molar-refractivity contribution in [1.82, 2.24) is 5.43 Å². The summed E-state index contributed by atoms with van der Waals surface area (Å²) in [4.78, 5) is 12.6. The molecule has 0 aromatic heterocycles. The van der Waals surface area contributed by atoms with Crippen LogP contribution >= 0.6 is 23.2 Å². The Labute approximate surface area is 196 Å². The molecule has 0 aliphatic heterocycles. The number of ether oxygens (including phenoxy) is 3. The SMILES string of the molecule is CCOc1ccc(/C=N/NC(=O)c2ccccc2OCc2ccc(Cl)cc2Cl)cc1OC. The third kappa shape index (κ3) is 6.15. The van der Waals surface area contributed by atoms with E-state index in [2.05, 4.69) is 10.5 Å². The van der Waals surface area contributed by atoms with Crippen molar-refractivity contribution in [3.8, 4) is 17.2 Å². The molecular formula is C24H22Cl2N2O4. The molecule has 166 valence electrons. The lowest BCUT2D eigenvalue weighted by Crippen LogP contribution is -2.18. The van der Waals surface area contributed by atoms with Crippen molar-refractivity contribution in [1.29, 1.82) is 0 Å². The molecule has 0 bridgehead atoms. The summed E-state index contributed by atoms with van der Waals surface area (Å²) >= 11 is 12.1. The number of para-hydroxylation sites is 1. The highest BCUT2D eigenvalue weighted by molar-refractivity contribution is 6.35. The number of carbonyl (C=O) groups excluding carboxylic acids is 1. The van der Waals surface area contributed by atoms with Gasteiger partial charge in [0.1, 0.15) is 12.4 Å². The van der Waals surface area contributed by atoms with Gasteiger partial charge in [-0.25, -0.2) is 5.43 Å². The van der Waals surface area contributed by atoms with Gasteiger partial charge in [-0.2, -0.15) is 5.10 Å². The summed E-state index contributed by atoms with van der Waals surface area (Å²) < 4.78 is 16.6. The molecule has 0 aliphatic rings. The van der Waals surface area contributed by atoms with Crippen LogP contribution in [0.1, 0.15) is 28.4 Å². The maximum atomic E-state index is 12.6. The molecule has 1 N–H and O–H groups in total. The van der Waals surface area contributed by atoms with Gasteiger partial charge in [-0.3, -0.25) is 4.79 Å². The first kappa shape index (κ1) is 23.4. The second-order valence-electron chi connectivity index (χ2n) is 6.56. The average Bonchev–Trinajstić information content (AvgIpc) is 2.79. The number of rotatable bonds is 9. The van der Waals surface area contributed by atoms with E-state index in [1.807, 2.05) is 13.0 Å². The summed E-state index contributed by atoms with van der Waals surface area (Å²) in [7, 11) is 1.56. The monoisotopic (exact) mass is 472 g/mol. The maximum absolute atomic E-state index is 12.6. The van der Waals surface area contributed by atoms with Crippen molar-refractivity contribution < 1.29 is 19.0 Å². The number of hydrogen-bond donors (Lipinski definition) is 1. The Hall–Kier alpha value is -3.22. The van der Waals surface area contributed by atoms with Crippen LogP contribution in [0, 0.1) is 0 Å². The molecule has 0 saturated carbocycles. The lowest BCUT2D eigenvalue weighted by Gasteiger charge is -2.11. The number of hydrazone groups is 1. The lowest BCUT2D eigenvalue weighted by molar-refractivity contribution is 0.0950. The fraction of sp³-hybridized carbons (Fsp3) is 0.167. The smallest absolute Gasteiger partial charge is 0.275 e. The Morgan fingerprint density at radius 3 is 2.56 bits per heavy atom. The van der Waals surface area contributed by atoms with Crippen LogP contribution in [-0.2, 0) is 6.61 Å². The Kier molecular flexibility index (Phi) is 8.36. The first-order chi connectivity index (χ1) is 15.5. The van der Waals surface area contributed by atoms with Crippen LogP contribution in [0.2, 0.25) is 10.0 Å². The fourth-order valence-corrected chi connectivity index (χ4v) is 3.30. The molecule has 1 amide bonds. The highest BCUT2D eigenvalue weighted by Gasteiger charge is 2.12. The van der Waals surface area contributed by atoms with E-state index in [-0.39, 0.29) is 6.61 Å². The van der Waals surface area contributed by atoms with Crippen molar-refractivity contribution in [3.05, 3.63) is 87.4 Å². The van der Waals surface area contributed by atoms with Gasteiger partial charge in [0.25, 0.3) is 5.91 Å². The van der Waals surface area contributed by atoms with Crippen molar-refractivity contribution in [2.24, 2.45) is 5.10 Å². The van der Waals surface area contributed by atoms with Crippen LogP contribution in [0.4, 0.5) is 0 Å². The number of benzene rings is 3. The van der Waals surface area contributed by atoms with Crippen molar-refractivity contribution >= 4 is 35.3 Å². The van der Waals surface area contributed by atoms with Crippen LogP contribution in [0.3, 0.4) is 0 Å². The Bertz CT molecular complexity index is 1120. The molecule has 0 spiro atoms. The van der Waals surface area contributed by atoms with Gasteiger partial charge in [-0.1, -0.05) is 41.4 Å². The van der Waals surface area contributed by atoms with Crippen LogP contribution in [-0.4, -0.2) is 25.8 Å². The van der Waals surface area contributed by atoms with Gasteiger partial charge in [0.2, 0.25) is 0 Å². The molecule has 0 fully saturated rings. The van der Waals surface area contributed by atoms with Crippen molar-refractivity contribution in [3.63, 3.8) is 0 Å². The molecule has 32 heavy (non-hydrogen) atoms. The zero-order chi connectivity index (χ0) is 22.9. The Morgan fingerprint density at radius 2 is 1.81 bits per heavy atom. The predicted octanol–water partition coefficient (Wildman–Crippen LogP) is 5.74. The average molecular weight is 473 g/mol. The summed E-state index contributed by atoms with van der Waals surface area (Å²) in [5, 5.41) is 5.08. The van der Waals surface area contributed by atoms with E-state index in [4.69, 9.17) is 37.4 Å². The summed E-state index contributed by atoms with van der Waals surface area (Å²) in [6, 6.07) is 17.4. The summed E-state index contributed by atoms with van der Waals surface area (Å²) in [5.74, 6) is 1.23. The number of halogens is 2. The van der Waals surface area contributed by atoms with E-state index in [1.165, 1.54) is 6.21 Å². The Morgan fingerprint density at radius 1 is 1.00 bits per heavy atom. The minimum absolute atomic E-state index is 0.190.